The van der Waals surface area contributed by atoms with Crippen molar-refractivity contribution in [1.82, 2.24) is 4.57 Å². The van der Waals surface area contributed by atoms with Gasteiger partial charge < -0.3 is 9.67 Å². The molecule has 1 aromatic heterocycles. The molecule has 0 fully saturated rings. The maximum atomic E-state index is 10.7. The predicted octanol–water partition coefficient (Wildman–Crippen LogP) is 3.67. The molecule has 0 aliphatic heterocycles. The Kier molecular flexibility index (Phi) is 4.28. The first-order chi connectivity index (χ1) is 9.54. The monoisotopic (exact) mass is 271 g/mol. The first-order valence-electron chi connectivity index (χ1n) is 7.02. The fraction of sp³-hybridized carbons (Fsp3) is 0.353. The van der Waals surface area contributed by atoms with E-state index < -0.39 is 5.97 Å². The lowest BCUT2D eigenvalue weighted by Crippen LogP contribution is -2.04. The Bertz CT molecular complexity index is 626. The summed E-state index contributed by atoms with van der Waals surface area (Å²) in [5.74, 6) is -0.747. The van der Waals surface area contributed by atoms with Gasteiger partial charge in [0.05, 0.1) is 0 Å². The summed E-state index contributed by atoms with van der Waals surface area (Å²) in [5, 5.41) is 8.83. The molecule has 0 atom stereocenters. The van der Waals surface area contributed by atoms with Gasteiger partial charge in [0.15, 0.2) is 0 Å². The van der Waals surface area contributed by atoms with Crippen LogP contribution in [0.4, 0.5) is 0 Å². The Morgan fingerprint density at radius 2 is 1.90 bits per heavy atom. The zero-order chi connectivity index (χ0) is 14.7. The molecule has 20 heavy (non-hydrogen) atoms. The molecule has 0 aliphatic carbocycles. The van der Waals surface area contributed by atoms with Crippen LogP contribution in [0.1, 0.15) is 35.9 Å². The highest BCUT2D eigenvalue weighted by atomic mass is 16.4. The number of carboxylic acids is 1. The average molecular weight is 271 g/mol. The number of aliphatic carboxylic acids is 1. The molecule has 3 nitrogen and oxygen atoms in total. The van der Waals surface area contributed by atoms with Crippen LogP contribution in [0.15, 0.2) is 30.3 Å². The zero-order valence-electron chi connectivity index (χ0n) is 12.3. The van der Waals surface area contributed by atoms with Crippen LogP contribution in [-0.4, -0.2) is 15.6 Å². The van der Waals surface area contributed by atoms with Gasteiger partial charge in [-0.3, -0.25) is 4.79 Å². The summed E-state index contributed by atoms with van der Waals surface area (Å²) in [4.78, 5) is 10.7. The Hall–Kier alpha value is -2.03. The lowest BCUT2D eigenvalue weighted by Gasteiger charge is -2.14. The number of hydrogen-bond donors (Lipinski definition) is 1. The molecule has 1 N–H and O–H groups in total. The van der Waals surface area contributed by atoms with E-state index in [0.717, 1.165) is 23.4 Å². The van der Waals surface area contributed by atoms with Gasteiger partial charge in [0, 0.05) is 23.5 Å². The number of nitrogens with zero attached hydrogens (tertiary/aromatic N) is 1. The summed E-state index contributed by atoms with van der Waals surface area (Å²) < 4.78 is 2.23. The van der Waals surface area contributed by atoms with Crippen LogP contribution in [-0.2, 0) is 17.6 Å². The molecular weight excluding hydrogens is 250 g/mol. The second kappa shape index (κ2) is 5.95. The van der Waals surface area contributed by atoms with E-state index in [1.54, 1.807) is 0 Å². The summed E-state index contributed by atoms with van der Waals surface area (Å²) in [6, 6.07) is 10.5. The van der Waals surface area contributed by atoms with Crippen molar-refractivity contribution in [3.8, 4) is 5.69 Å². The van der Waals surface area contributed by atoms with E-state index in [2.05, 4.69) is 49.6 Å². The lowest BCUT2D eigenvalue weighted by atomic mass is 10.1. The van der Waals surface area contributed by atoms with Gasteiger partial charge in [0.25, 0.3) is 0 Å². The summed E-state index contributed by atoms with van der Waals surface area (Å²) >= 11 is 0. The van der Waals surface area contributed by atoms with Crippen LogP contribution in [0, 0.1) is 13.8 Å². The van der Waals surface area contributed by atoms with E-state index in [1.807, 2.05) is 6.07 Å². The third kappa shape index (κ3) is 2.77. The molecule has 0 aliphatic rings. The molecule has 2 aromatic rings. The predicted molar refractivity (Wildman–Crippen MR) is 80.6 cm³/mol. The number of carboxylic acid groups (broad SMARTS) is 1. The van der Waals surface area contributed by atoms with E-state index in [9.17, 15) is 4.79 Å². The summed E-state index contributed by atoms with van der Waals surface area (Å²) in [6.45, 7) is 6.29. The number of carbonyl (C=O) groups is 1. The number of para-hydroxylation sites is 1. The fourth-order valence-electron chi connectivity index (χ4n) is 2.72. The van der Waals surface area contributed by atoms with Crippen molar-refractivity contribution in [2.75, 3.05) is 0 Å². The maximum Gasteiger partial charge on any atom is 0.303 e. The van der Waals surface area contributed by atoms with Crippen LogP contribution in [0.25, 0.3) is 5.69 Å². The van der Waals surface area contributed by atoms with Crippen molar-refractivity contribution in [3.63, 3.8) is 0 Å². The highest BCUT2D eigenvalue weighted by Gasteiger charge is 2.13. The van der Waals surface area contributed by atoms with Crippen molar-refractivity contribution in [2.24, 2.45) is 0 Å². The minimum Gasteiger partial charge on any atom is -0.481 e. The standard InChI is InChI=1S/C17H21NO2/c1-4-14-7-5-6-8-16(14)18-12(2)11-15(13(18)3)9-10-17(19)20/h5-8,11H,4,9-10H2,1-3H3,(H,19,20). The second-order valence-corrected chi connectivity index (χ2v) is 5.11. The Balaban J connectivity index is 2.44. The van der Waals surface area contributed by atoms with Gasteiger partial charge in [0.2, 0.25) is 0 Å². The molecule has 0 saturated carbocycles. The molecule has 1 heterocycles. The Labute approximate surface area is 119 Å². The Morgan fingerprint density at radius 3 is 2.55 bits per heavy atom. The van der Waals surface area contributed by atoms with Crippen molar-refractivity contribution in [2.45, 2.75) is 40.0 Å². The quantitative estimate of drug-likeness (QED) is 0.901. The van der Waals surface area contributed by atoms with E-state index >= 15 is 0 Å². The molecule has 0 saturated heterocycles. The highest BCUT2D eigenvalue weighted by Crippen LogP contribution is 2.24. The number of hydrogen-bond acceptors (Lipinski definition) is 1. The number of aromatic nitrogens is 1. The first kappa shape index (κ1) is 14.4. The SMILES string of the molecule is CCc1ccccc1-n1c(C)cc(CCC(=O)O)c1C. The molecule has 106 valence electrons. The van der Waals surface area contributed by atoms with Gasteiger partial charge in [-0.2, -0.15) is 0 Å². The average Bonchev–Trinajstić information content (AvgIpc) is 2.71. The minimum absolute atomic E-state index is 0.180. The topological polar surface area (TPSA) is 42.2 Å². The lowest BCUT2D eigenvalue weighted by molar-refractivity contribution is -0.136. The molecule has 0 unspecified atom stereocenters. The number of benzene rings is 1. The molecule has 0 bridgehead atoms. The van der Waals surface area contributed by atoms with Gasteiger partial charge in [-0.15, -0.1) is 0 Å². The van der Waals surface area contributed by atoms with E-state index in [4.69, 9.17) is 5.11 Å². The van der Waals surface area contributed by atoms with Crippen molar-refractivity contribution in [3.05, 3.63) is 52.8 Å². The van der Waals surface area contributed by atoms with Crippen LogP contribution >= 0.6 is 0 Å². The fourth-order valence-corrected chi connectivity index (χ4v) is 2.72. The van der Waals surface area contributed by atoms with E-state index in [1.165, 1.54) is 11.3 Å². The molecule has 2 rings (SSSR count). The molecule has 0 amide bonds. The van der Waals surface area contributed by atoms with Crippen molar-refractivity contribution >= 4 is 5.97 Å². The largest absolute Gasteiger partial charge is 0.481 e. The summed E-state index contributed by atoms with van der Waals surface area (Å²) in [5.41, 5.74) is 5.93. The molecule has 0 spiro atoms. The molecule has 0 radical (unpaired) electrons. The normalized spacial score (nSPS) is 10.8. The van der Waals surface area contributed by atoms with Gasteiger partial charge in [-0.1, -0.05) is 25.1 Å². The smallest absolute Gasteiger partial charge is 0.303 e. The van der Waals surface area contributed by atoms with Crippen LogP contribution in [0.5, 0.6) is 0 Å². The van der Waals surface area contributed by atoms with Crippen LogP contribution in [0.2, 0.25) is 0 Å². The van der Waals surface area contributed by atoms with Gasteiger partial charge >= 0.3 is 5.97 Å². The van der Waals surface area contributed by atoms with Gasteiger partial charge in [-0.05, 0) is 49.9 Å². The third-order valence-corrected chi connectivity index (χ3v) is 3.76. The van der Waals surface area contributed by atoms with E-state index in [0.29, 0.717) is 6.42 Å². The maximum absolute atomic E-state index is 10.7. The first-order valence-corrected chi connectivity index (χ1v) is 7.02. The summed E-state index contributed by atoms with van der Waals surface area (Å²) in [7, 11) is 0. The van der Waals surface area contributed by atoms with Gasteiger partial charge in [-0.25, -0.2) is 0 Å². The van der Waals surface area contributed by atoms with Crippen molar-refractivity contribution < 1.29 is 9.90 Å². The van der Waals surface area contributed by atoms with Gasteiger partial charge in [0.1, 0.15) is 0 Å². The van der Waals surface area contributed by atoms with Crippen LogP contribution < -0.4 is 0 Å². The van der Waals surface area contributed by atoms with E-state index in [-0.39, 0.29) is 6.42 Å². The molecule has 1 aromatic carbocycles. The third-order valence-electron chi connectivity index (χ3n) is 3.76. The minimum atomic E-state index is -0.747. The van der Waals surface area contributed by atoms with Crippen molar-refractivity contribution in [1.29, 1.82) is 0 Å². The zero-order valence-corrected chi connectivity index (χ0v) is 12.3. The molecular formula is C17H21NO2. The number of aryl methyl sites for hydroxylation is 3. The second-order valence-electron chi connectivity index (χ2n) is 5.11. The van der Waals surface area contributed by atoms with Crippen LogP contribution in [0.3, 0.4) is 0 Å². The molecule has 3 heteroatoms. The number of rotatable bonds is 5. The summed E-state index contributed by atoms with van der Waals surface area (Å²) in [6.07, 6.45) is 1.75. The highest BCUT2D eigenvalue weighted by molar-refractivity contribution is 5.67. The Morgan fingerprint density at radius 1 is 1.20 bits per heavy atom.